The maximum atomic E-state index is 14.1. The van der Waals surface area contributed by atoms with E-state index in [4.69, 9.17) is 0 Å². The van der Waals surface area contributed by atoms with Crippen molar-refractivity contribution in [1.29, 1.82) is 0 Å². The van der Waals surface area contributed by atoms with Gasteiger partial charge in [0.2, 0.25) is 5.91 Å². The Morgan fingerprint density at radius 2 is 1.82 bits per heavy atom. The number of hydrogen-bond acceptors (Lipinski definition) is 5. The van der Waals surface area contributed by atoms with Crippen LogP contribution in [-0.2, 0) is 4.79 Å². The molecule has 1 fully saturated rings. The number of rotatable bonds is 5. The Balaban J connectivity index is 1.44. The fourth-order valence-corrected chi connectivity index (χ4v) is 3.47. The molecule has 0 spiro atoms. The number of hydrogen-bond donors (Lipinski definition) is 1. The summed E-state index contributed by atoms with van der Waals surface area (Å²) in [4.78, 5) is 14.3. The van der Waals surface area contributed by atoms with Gasteiger partial charge in [0.15, 0.2) is 11.5 Å². The maximum absolute atomic E-state index is 14.1. The van der Waals surface area contributed by atoms with E-state index in [1.165, 1.54) is 23.4 Å². The van der Waals surface area contributed by atoms with Crippen LogP contribution < -0.4 is 5.32 Å². The molecule has 0 bridgehead atoms. The zero-order valence-electron chi connectivity index (χ0n) is 15.6. The van der Waals surface area contributed by atoms with Crippen molar-refractivity contribution in [1.82, 2.24) is 24.7 Å². The Kier molecular flexibility index (Phi) is 5.45. The minimum absolute atomic E-state index is 0.173. The number of halogens is 1. The van der Waals surface area contributed by atoms with Crippen LogP contribution in [0.25, 0.3) is 17.0 Å². The van der Waals surface area contributed by atoms with Gasteiger partial charge < -0.3 is 10.2 Å². The van der Waals surface area contributed by atoms with Crippen molar-refractivity contribution in [2.45, 2.75) is 32.1 Å². The van der Waals surface area contributed by atoms with E-state index in [0.717, 1.165) is 25.9 Å². The first-order valence-corrected chi connectivity index (χ1v) is 9.71. The van der Waals surface area contributed by atoms with Gasteiger partial charge in [-0.3, -0.25) is 4.79 Å². The van der Waals surface area contributed by atoms with E-state index in [-0.39, 0.29) is 11.7 Å². The normalized spacial score (nSPS) is 14.8. The lowest BCUT2D eigenvalue weighted by atomic mass is 10.2. The highest BCUT2D eigenvalue weighted by atomic mass is 19.1. The molecule has 0 radical (unpaired) electrons. The summed E-state index contributed by atoms with van der Waals surface area (Å²) in [5.41, 5.74) is 0.875. The minimum atomic E-state index is -0.375. The van der Waals surface area contributed by atoms with Gasteiger partial charge in [0.05, 0.1) is 5.56 Å². The molecule has 2 aromatic heterocycles. The van der Waals surface area contributed by atoms with Crippen molar-refractivity contribution in [3.8, 4) is 11.4 Å². The van der Waals surface area contributed by atoms with Crippen LogP contribution in [0.4, 0.5) is 10.2 Å². The van der Waals surface area contributed by atoms with E-state index in [1.54, 1.807) is 30.3 Å². The Morgan fingerprint density at radius 1 is 1.04 bits per heavy atom. The number of carbonyl (C=O) groups excluding carboxylic acids is 1. The highest BCUT2D eigenvalue weighted by Gasteiger charge is 2.16. The van der Waals surface area contributed by atoms with Crippen LogP contribution in [0.1, 0.15) is 32.1 Å². The summed E-state index contributed by atoms with van der Waals surface area (Å²) in [5, 5.41) is 15.8. The molecule has 1 aliphatic heterocycles. The molecule has 146 valence electrons. The van der Waals surface area contributed by atoms with E-state index in [2.05, 4.69) is 20.6 Å². The van der Waals surface area contributed by atoms with Crippen molar-refractivity contribution < 1.29 is 9.18 Å². The highest BCUT2D eigenvalue weighted by molar-refractivity contribution is 5.76. The molecule has 28 heavy (non-hydrogen) atoms. The van der Waals surface area contributed by atoms with Gasteiger partial charge in [-0.25, -0.2) is 4.39 Å². The summed E-state index contributed by atoms with van der Waals surface area (Å²) in [6.07, 6.45) is 5.00. The van der Waals surface area contributed by atoms with E-state index in [9.17, 15) is 9.18 Å². The summed E-state index contributed by atoms with van der Waals surface area (Å²) in [6.45, 7) is 2.20. The van der Waals surface area contributed by atoms with Crippen LogP contribution in [0.2, 0.25) is 0 Å². The molecule has 1 amide bonds. The van der Waals surface area contributed by atoms with Gasteiger partial charge in [0.1, 0.15) is 11.6 Å². The van der Waals surface area contributed by atoms with Gasteiger partial charge in [-0.15, -0.1) is 15.3 Å². The van der Waals surface area contributed by atoms with Gasteiger partial charge in [-0.2, -0.15) is 4.52 Å². The lowest BCUT2D eigenvalue weighted by Crippen LogP contribution is -2.32. The SMILES string of the molecule is O=C(CCNc1ccc2nnc(-c3ccccc3F)n2n1)N1CCCCCC1. The van der Waals surface area contributed by atoms with Crippen molar-refractivity contribution in [2.75, 3.05) is 25.0 Å². The number of nitrogens with one attached hydrogen (secondary N) is 1. The maximum Gasteiger partial charge on any atom is 0.224 e. The molecular formula is C20H23FN6O. The summed E-state index contributed by atoms with van der Waals surface area (Å²) in [6, 6.07) is 9.95. The van der Waals surface area contributed by atoms with Crippen LogP contribution in [-0.4, -0.2) is 50.3 Å². The van der Waals surface area contributed by atoms with Crippen LogP contribution >= 0.6 is 0 Å². The molecule has 3 heterocycles. The predicted octanol–water partition coefficient (Wildman–Crippen LogP) is 3.14. The summed E-state index contributed by atoms with van der Waals surface area (Å²) >= 11 is 0. The number of anilines is 1. The molecule has 1 N–H and O–H groups in total. The lowest BCUT2D eigenvalue weighted by Gasteiger charge is -2.20. The Hall–Kier alpha value is -3.03. The topological polar surface area (TPSA) is 75.4 Å². The number of likely N-dealkylation sites (tertiary alicyclic amines) is 1. The molecule has 1 aliphatic rings. The first-order valence-electron chi connectivity index (χ1n) is 9.71. The van der Waals surface area contributed by atoms with Crippen LogP contribution in [0, 0.1) is 5.82 Å². The zero-order chi connectivity index (χ0) is 19.3. The Morgan fingerprint density at radius 3 is 2.61 bits per heavy atom. The molecule has 1 aromatic carbocycles. The number of nitrogens with zero attached hydrogens (tertiary/aromatic N) is 5. The molecule has 7 nitrogen and oxygen atoms in total. The van der Waals surface area contributed by atoms with Crippen LogP contribution in [0.5, 0.6) is 0 Å². The average molecular weight is 382 g/mol. The quantitative estimate of drug-likeness (QED) is 0.734. The molecule has 3 aromatic rings. The minimum Gasteiger partial charge on any atom is -0.368 e. The fourth-order valence-electron chi connectivity index (χ4n) is 3.47. The molecule has 1 saturated heterocycles. The van der Waals surface area contributed by atoms with Gasteiger partial charge in [0, 0.05) is 26.1 Å². The predicted molar refractivity (Wildman–Crippen MR) is 104 cm³/mol. The van der Waals surface area contributed by atoms with Gasteiger partial charge >= 0.3 is 0 Å². The molecule has 0 atom stereocenters. The van der Waals surface area contributed by atoms with E-state index in [0.29, 0.717) is 35.8 Å². The first-order chi connectivity index (χ1) is 13.7. The number of amides is 1. The second kappa shape index (κ2) is 8.33. The third-order valence-corrected chi connectivity index (χ3v) is 4.98. The van der Waals surface area contributed by atoms with Crippen LogP contribution in [0.3, 0.4) is 0 Å². The second-order valence-electron chi connectivity index (χ2n) is 6.96. The van der Waals surface area contributed by atoms with E-state index in [1.807, 2.05) is 4.90 Å². The molecule has 0 unspecified atom stereocenters. The average Bonchev–Trinajstić information content (AvgIpc) is 2.93. The van der Waals surface area contributed by atoms with Crippen LogP contribution in [0.15, 0.2) is 36.4 Å². The first kappa shape index (κ1) is 18.3. The van der Waals surface area contributed by atoms with E-state index < -0.39 is 0 Å². The zero-order valence-corrected chi connectivity index (χ0v) is 15.6. The van der Waals surface area contributed by atoms with Gasteiger partial charge in [0.25, 0.3) is 0 Å². The lowest BCUT2D eigenvalue weighted by molar-refractivity contribution is -0.130. The van der Waals surface area contributed by atoms with E-state index >= 15 is 0 Å². The largest absolute Gasteiger partial charge is 0.368 e. The van der Waals surface area contributed by atoms with Gasteiger partial charge in [-0.05, 0) is 37.1 Å². The monoisotopic (exact) mass is 382 g/mol. The molecular weight excluding hydrogens is 359 g/mol. The Bertz CT molecular complexity index is 964. The van der Waals surface area contributed by atoms with Crippen molar-refractivity contribution >= 4 is 17.4 Å². The Labute approximate surface area is 162 Å². The summed E-state index contributed by atoms with van der Waals surface area (Å²) in [7, 11) is 0. The highest BCUT2D eigenvalue weighted by Crippen LogP contribution is 2.21. The molecule has 4 rings (SSSR count). The summed E-state index contributed by atoms with van der Waals surface area (Å²) < 4.78 is 15.6. The number of benzene rings is 1. The number of carbonyl (C=O) groups is 1. The molecule has 8 heteroatoms. The standard InChI is InChI=1S/C20H23FN6O/c21-16-8-4-3-7-15(16)20-24-23-18-10-9-17(25-27(18)20)22-12-11-19(28)26-13-5-1-2-6-14-26/h3-4,7-10H,1-2,5-6,11-14H2,(H,22,25). The third-order valence-electron chi connectivity index (χ3n) is 4.98. The van der Waals surface area contributed by atoms with Crippen molar-refractivity contribution in [3.05, 3.63) is 42.2 Å². The fraction of sp³-hybridized carbons (Fsp3) is 0.400. The van der Waals surface area contributed by atoms with Crippen molar-refractivity contribution in [3.63, 3.8) is 0 Å². The second-order valence-corrected chi connectivity index (χ2v) is 6.96. The number of fused-ring (bicyclic) bond motifs is 1. The van der Waals surface area contributed by atoms with Gasteiger partial charge in [-0.1, -0.05) is 25.0 Å². The third kappa shape index (κ3) is 3.95. The number of aromatic nitrogens is 4. The molecule has 0 aliphatic carbocycles. The summed E-state index contributed by atoms with van der Waals surface area (Å²) in [5.74, 6) is 0.734. The smallest absolute Gasteiger partial charge is 0.224 e. The van der Waals surface area contributed by atoms with Crippen molar-refractivity contribution in [2.24, 2.45) is 0 Å². The molecule has 0 saturated carbocycles.